The van der Waals surface area contributed by atoms with Gasteiger partial charge in [0.15, 0.2) is 0 Å². The van der Waals surface area contributed by atoms with Gasteiger partial charge in [-0.15, -0.1) is 0 Å². The fourth-order valence-electron chi connectivity index (χ4n) is 1.18. The maximum absolute atomic E-state index is 8.66. The van der Waals surface area contributed by atoms with Crippen LogP contribution in [-0.2, 0) is 26.9 Å². The number of hydrogen-bond donors (Lipinski definition) is 1. The molecule has 0 unspecified atom stereocenters. The largest absolute Gasteiger partial charge is 0.527 e. The summed E-state index contributed by atoms with van der Waals surface area (Å²) in [5.74, 6) is 0. The van der Waals surface area contributed by atoms with Gasteiger partial charge in [0.1, 0.15) is 13.0 Å². The van der Waals surface area contributed by atoms with E-state index in [0.717, 1.165) is 13.2 Å². The van der Waals surface area contributed by atoms with Crippen LogP contribution in [0.3, 0.4) is 0 Å². The Labute approximate surface area is 124 Å². The normalized spacial score (nSPS) is 11.0. The highest BCUT2D eigenvalue weighted by atomic mass is 28.4. The van der Waals surface area contributed by atoms with Crippen molar-refractivity contribution >= 4 is 24.2 Å². The van der Waals surface area contributed by atoms with Gasteiger partial charge in [0.05, 0.1) is 0 Å². The molecule has 0 aromatic rings. The fraction of sp³-hybridized carbons (Fsp3) is 0.909. The molecular weight excluding hydrogens is 300 g/mol. The molecule has 0 saturated heterocycles. The second-order valence-corrected chi connectivity index (χ2v) is 10.0. The van der Waals surface area contributed by atoms with E-state index in [1.54, 1.807) is 0 Å². The molecule has 0 aliphatic rings. The van der Waals surface area contributed by atoms with E-state index in [0.29, 0.717) is 0 Å². The summed E-state index contributed by atoms with van der Waals surface area (Å²) < 4.78 is 25.3. The van der Waals surface area contributed by atoms with E-state index < -0.39 is 17.4 Å². The Balaban J connectivity index is -0.000000257. The Morgan fingerprint density at radius 1 is 0.900 bits per heavy atom. The van der Waals surface area contributed by atoms with Gasteiger partial charge < -0.3 is 32.0 Å². The van der Waals surface area contributed by atoms with Gasteiger partial charge in [-0.3, -0.25) is 0 Å². The molecule has 7 nitrogen and oxygen atoms in total. The highest BCUT2D eigenvalue weighted by Crippen LogP contribution is 2.04. The summed E-state index contributed by atoms with van der Waals surface area (Å²) in [6, 6.07) is 0. The monoisotopic (exact) mass is 330 g/mol. The first-order chi connectivity index (χ1) is 9.36. The van der Waals surface area contributed by atoms with Crippen LogP contribution in [0.5, 0.6) is 0 Å². The molecule has 20 heavy (non-hydrogen) atoms. The molecule has 0 saturated carbocycles. The minimum Gasteiger partial charge on any atom is -0.395 e. The SMILES string of the molecule is C=O.CCO[Si](C)(C)OCC.CO[Si](CO)(OC)OC. The summed E-state index contributed by atoms with van der Waals surface area (Å²) in [6.07, 6.45) is -0.184. The quantitative estimate of drug-likeness (QED) is 0.664. The van der Waals surface area contributed by atoms with Crippen molar-refractivity contribution in [2.45, 2.75) is 26.9 Å². The number of carbonyl (C=O) groups excluding carboxylic acids is 1. The van der Waals surface area contributed by atoms with Gasteiger partial charge in [-0.2, -0.15) is 0 Å². The standard InChI is InChI=1S/C6H16O2Si.C4H12O4Si.CH2O/c1-5-7-9(3,4)8-6-2;1-6-9(4-5,7-2)8-3;1-2/h5-6H2,1-4H3;5H,4H2,1-3H3;1H2. The van der Waals surface area contributed by atoms with Crippen LogP contribution in [0.1, 0.15) is 13.8 Å². The number of rotatable bonds is 8. The van der Waals surface area contributed by atoms with E-state index >= 15 is 0 Å². The zero-order valence-electron chi connectivity index (χ0n) is 13.7. The van der Waals surface area contributed by atoms with Crippen molar-refractivity contribution < 1.29 is 32.0 Å². The number of aliphatic hydroxyl groups is 1. The molecule has 0 spiro atoms. The lowest BCUT2D eigenvalue weighted by Gasteiger charge is -2.21. The van der Waals surface area contributed by atoms with E-state index in [2.05, 4.69) is 13.1 Å². The smallest absolute Gasteiger partial charge is 0.395 e. The maximum Gasteiger partial charge on any atom is 0.527 e. The van der Waals surface area contributed by atoms with Crippen molar-refractivity contribution in [1.82, 2.24) is 0 Å². The molecule has 0 fully saturated rings. The third kappa shape index (κ3) is 12.9. The van der Waals surface area contributed by atoms with Crippen LogP contribution in [0.2, 0.25) is 13.1 Å². The zero-order valence-corrected chi connectivity index (χ0v) is 15.7. The molecule has 0 rings (SSSR count). The summed E-state index contributed by atoms with van der Waals surface area (Å²) in [6.45, 7) is 11.6. The van der Waals surface area contributed by atoms with Crippen molar-refractivity contribution in [3.8, 4) is 0 Å². The van der Waals surface area contributed by atoms with Crippen LogP contribution in [0.15, 0.2) is 0 Å². The van der Waals surface area contributed by atoms with Crippen LogP contribution in [-0.4, -0.2) is 70.0 Å². The summed E-state index contributed by atoms with van der Waals surface area (Å²) >= 11 is 0. The average molecular weight is 331 g/mol. The number of carbonyl (C=O) groups is 1. The lowest BCUT2D eigenvalue weighted by atomic mass is 10.9. The van der Waals surface area contributed by atoms with Crippen LogP contribution >= 0.6 is 0 Å². The van der Waals surface area contributed by atoms with Crippen molar-refractivity contribution in [2.75, 3.05) is 40.8 Å². The molecule has 0 amide bonds. The van der Waals surface area contributed by atoms with Crippen molar-refractivity contribution in [3.63, 3.8) is 0 Å². The lowest BCUT2D eigenvalue weighted by Crippen LogP contribution is -2.47. The van der Waals surface area contributed by atoms with Gasteiger partial charge in [0.25, 0.3) is 0 Å². The second kappa shape index (κ2) is 15.3. The molecule has 0 atom stereocenters. The van der Waals surface area contributed by atoms with Gasteiger partial charge in [-0.25, -0.2) is 0 Å². The highest BCUT2D eigenvalue weighted by Gasteiger charge is 2.36. The molecule has 0 radical (unpaired) electrons. The van der Waals surface area contributed by atoms with E-state index in [-0.39, 0.29) is 6.23 Å². The Hall–Kier alpha value is -0.136. The fourth-order valence-corrected chi connectivity index (χ4v) is 3.54. The first-order valence-electron chi connectivity index (χ1n) is 6.20. The van der Waals surface area contributed by atoms with Gasteiger partial charge >= 0.3 is 17.4 Å². The third-order valence-corrected chi connectivity index (χ3v) is 6.33. The molecule has 9 heteroatoms. The van der Waals surface area contributed by atoms with Crippen molar-refractivity contribution in [3.05, 3.63) is 0 Å². The summed E-state index contributed by atoms with van der Waals surface area (Å²) in [4.78, 5) is 8.00. The molecule has 0 bridgehead atoms. The molecule has 124 valence electrons. The third-order valence-electron chi connectivity index (χ3n) is 2.11. The van der Waals surface area contributed by atoms with E-state index in [1.165, 1.54) is 21.3 Å². The Morgan fingerprint density at radius 2 is 1.20 bits per heavy atom. The van der Waals surface area contributed by atoms with Crippen molar-refractivity contribution in [2.24, 2.45) is 0 Å². The van der Waals surface area contributed by atoms with Crippen LogP contribution in [0, 0.1) is 0 Å². The van der Waals surface area contributed by atoms with E-state index in [1.807, 2.05) is 20.6 Å². The molecule has 0 aliphatic carbocycles. The van der Waals surface area contributed by atoms with E-state index in [4.69, 9.17) is 32.0 Å². The molecular formula is C11H30O7Si2. The molecule has 0 aromatic carbocycles. The predicted molar refractivity (Wildman–Crippen MR) is 81.7 cm³/mol. The zero-order chi connectivity index (χ0) is 16.7. The number of aliphatic hydroxyl groups excluding tert-OH is 1. The van der Waals surface area contributed by atoms with Crippen LogP contribution < -0.4 is 0 Å². The Kier molecular flexibility index (Phi) is 19.0. The predicted octanol–water partition coefficient (Wildman–Crippen LogP) is 0.972. The highest BCUT2D eigenvalue weighted by molar-refractivity contribution is 6.64. The van der Waals surface area contributed by atoms with Gasteiger partial charge in [-0.05, 0) is 26.9 Å². The summed E-state index contributed by atoms with van der Waals surface area (Å²) in [5.41, 5.74) is 0. The summed E-state index contributed by atoms with van der Waals surface area (Å²) in [5, 5.41) is 8.66. The van der Waals surface area contributed by atoms with Crippen LogP contribution in [0.25, 0.3) is 0 Å². The maximum atomic E-state index is 8.66. The first kappa shape index (κ1) is 24.9. The van der Waals surface area contributed by atoms with Gasteiger partial charge in [0.2, 0.25) is 0 Å². The lowest BCUT2D eigenvalue weighted by molar-refractivity contribution is -0.0980. The van der Waals surface area contributed by atoms with Crippen molar-refractivity contribution in [1.29, 1.82) is 0 Å². The average Bonchev–Trinajstić information content (AvgIpc) is 2.45. The van der Waals surface area contributed by atoms with E-state index in [9.17, 15) is 0 Å². The van der Waals surface area contributed by atoms with Gasteiger partial charge in [-0.1, -0.05) is 0 Å². The molecule has 0 heterocycles. The minimum atomic E-state index is -2.64. The molecule has 1 N–H and O–H groups in total. The minimum absolute atomic E-state index is 0.184. The Bertz CT molecular complexity index is 176. The first-order valence-corrected chi connectivity index (χ1v) is 10.9. The molecule has 0 aromatic heterocycles. The number of hydrogen-bond acceptors (Lipinski definition) is 7. The summed E-state index contributed by atoms with van der Waals surface area (Å²) in [7, 11) is 0.0223. The topological polar surface area (TPSA) is 83.5 Å². The van der Waals surface area contributed by atoms with Gasteiger partial charge in [0, 0.05) is 34.5 Å². The molecule has 0 aliphatic heterocycles. The Morgan fingerprint density at radius 3 is 1.30 bits per heavy atom. The second-order valence-electron chi connectivity index (χ2n) is 3.72. The van der Waals surface area contributed by atoms with Crippen LogP contribution in [0.4, 0.5) is 0 Å².